The Bertz CT molecular complexity index is 434. The van der Waals surface area contributed by atoms with Crippen LogP contribution in [0.3, 0.4) is 0 Å². The first-order chi connectivity index (χ1) is 8.61. The van der Waals surface area contributed by atoms with E-state index in [1.54, 1.807) is 6.20 Å². The largest absolute Gasteiger partial charge is 0.480 e. The Balaban J connectivity index is 2.23. The van der Waals surface area contributed by atoms with Gasteiger partial charge in [-0.2, -0.15) is 0 Å². The smallest absolute Gasteiger partial charge is 0.320 e. The second-order valence-electron chi connectivity index (χ2n) is 5.00. The van der Waals surface area contributed by atoms with Crippen molar-refractivity contribution in [2.45, 2.75) is 45.2 Å². The van der Waals surface area contributed by atoms with Crippen molar-refractivity contribution in [3.05, 3.63) is 29.6 Å². The van der Waals surface area contributed by atoms with E-state index >= 15 is 0 Å². The quantitative estimate of drug-likeness (QED) is 0.892. The van der Waals surface area contributed by atoms with Gasteiger partial charge >= 0.3 is 5.97 Å². The lowest BCUT2D eigenvalue weighted by Gasteiger charge is -2.38. The van der Waals surface area contributed by atoms with Crippen LogP contribution in [-0.2, 0) is 4.79 Å². The second-order valence-corrected chi connectivity index (χ2v) is 5.00. The highest BCUT2D eigenvalue weighted by Gasteiger charge is 2.32. The van der Waals surface area contributed by atoms with Crippen LogP contribution < -0.4 is 0 Å². The van der Waals surface area contributed by atoms with Gasteiger partial charge in [0.1, 0.15) is 6.04 Å². The Kier molecular flexibility index (Phi) is 3.97. The number of hydrogen-bond donors (Lipinski definition) is 1. The molecule has 0 bridgehead atoms. The third-order valence-corrected chi connectivity index (χ3v) is 3.84. The lowest BCUT2D eigenvalue weighted by molar-refractivity contribution is -0.145. The van der Waals surface area contributed by atoms with Gasteiger partial charge in [0, 0.05) is 18.4 Å². The van der Waals surface area contributed by atoms with Gasteiger partial charge in [-0.25, -0.2) is 0 Å². The molecule has 0 aliphatic carbocycles. The summed E-state index contributed by atoms with van der Waals surface area (Å²) < 4.78 is 0. The molecule has 2 heterocycles. The van der Waals surface area contributed by atoms with E-state index in [1.807, 2.05) is 19.2 Å². The summed E-state index contributed by atoms with van der Waals surface area (Å²) in [5.41, 5.74) is 2.30. The number of likely N-dealkylation sites (tertiary alicyclic amines) is 1. The van der Waals surface area contributed by atoms with Crippen molar-refractivity contribution >= 4 is 5.97 Å². The van der Waals surface area contributed by atoms with Gasteiger partial charge in [-0.3, -0.25) is 14.7 Å². The van der Waals surface area contributed by atoms with Crippen LogP contribution in [0.4, 0.5) is 0 Å². The van der Waals surface area contributed by atoms with E-state index in [9.17, 15) is 9.90 Å². The number of nitrogens with zero attached hydrogens (tertiary/aromatic N) is 2. The number of rotatable bonds is 3. The Labute approximate surface area is 108 Å². The Hall–Kier alpha value is -1.42. The fourth-order valence-electron chi connectivity index (χ4n) is 2.81. The normalized spacial score (nSPS) is 22.7. The maximum Gasteiger partial charge on any atom is 0.320 e. The van der Waals surface area contributed by atoms with Crippen molar-refractivity contribution in [2.75, 3.05) is 6.54 Å². The summed E-state index contributed by atoms with van der Waals surface area (Å²) in [7, 11) is 0. The van der Waals surface area contributed by atoms with Gasteiger partial charge in [0.2, 0.25) is 0 Å². The minimum absolute atomic E-state index is 0.134. The minimum atomic E-state index is -0.701. The summed E-state index contributed by atoms with van der Waals surface area (Å²) >= 11 is 0. The van der Waals surface area contributed by atoms with Crippen LogP contribution in [0.5, 0.6) is 0 Å². The van der Waals surface area contributed by atoms with Crippen molar-refractivity contribution < 1.29 is 9.90 Å². The van der Waals surface area contributed by atoms with Gasteiger partial charge in [0.05, 0.1) is 0 Å². The van der Waals surface area contributed by atoms with Gasteiger partial charge in [0.25, 0.3) is 0 Å². The number of aliphatic carboxylic acids is 1. The van der Waals surface area contributed by atoms with Crippen molar-refractivity contribution in [1.82, 2.24) is 9.88 Å². The molecule has 1 aromatic rings. The summed E-state index contributed by atoms with van der Waals surface area (Å²) in [6, 6.07) is 1.78. The van der Waals surface area contributed by atoms with Crippen molar-refractivity contribution in [2.24, 2.45) is 0 Å². The molecule has 1 aliphatic heterocycles. The minimum Gasteiger partial charge on any atom is -0.480 e. The van der Waals surface area contributed by atoms with Gasteiger partial charge in [-0.1, -0.05) is 6.42 Å². The zero-order valence-corrected chi connectivity index (χ0v) is 11.0. The average molecular weight is 248 g/mol. The summed E-state index contributed by atoms with van der Waals surface area (Å²) in [5.74, 6) is -0.701. The zero-order chi connectivity index (χ0) is 13.1. The lowest BCUT2D eigenvalue weighted by Crippen LogP contribution is -2.45. The molecule has 1 aromatic heterocycles. The zero-order valence-electron chi connectivity index (χ0n) is 11.0. The van der Waals surface area contributed by atoms with Crippen LogP contribution in [0.15, 0.2) is 18.5 Å². The number of carboxylic acid groups (broad SMARTS) is 1. The maximum atomic E-state index is 11.3. The summed E-state index contributed by atoms with van der Waals surface area (Å²) in [6.45, 7) is 4.97. The first-order valence-corrected chi connectivity index (χ1v) is 6.50. The van der Waals surface area contributed by atoms with Crippen molar-refractivity contribution in [1.29, 1.82) is 0 Å². The molecule has 0 saturated carbocycles. The molecule has 0 amide bonds. The van der Waals surface area contributed by atoms with E-state index in [2.05, 4.69) is 16.8 Å². The van der Waals surface area contributed by atoms with Crippen molar-refractivity contribution in [3.8, 4) is 0 Å². The highest BCUT2D eigenvalue weighted by molar-refractivity contribution is 5.73. The van der Waals surface area contributed by atoms with Crippen LogP contribution >= 0.6 is 0 Å². The SMILES string of the molecule is Cc1cnccc1C(C)N1CCCCC1C(=O)O. The van der Waals surface area contributed by atoms with E-state index in [1.165, 1.54) is 5.56 Å². The molecule has 4 nitrogen and oxygen atoms in total. The van der Waals surface area contributed by atoms with Crippen LogP contribution in [0.1, 0.15) is 43.4 Å². The number of aryl methyl sites for hydroxylation is 1. The standard InChI is InChI=1S/C14H20N2O2/c1-10-9-15-7-6-12(10)11(2)16-8-4-3-5-13(16)14(17)18/h6-7,9,11,13H,3-5,8H2,1-2H3,(H,17,18). The third-order valence-electron chi connectivity index (χ3n) is 3.84. The number of hydrogen-bond acceptors (Lipinski definition) is 3. The molecule has 1 fully saturated rings. The van der Waals surface area contributed by atoms with Gasteiger partial charge < -0.3 is 5.11 Å². The molecule has 4 heteroatoms. The molecule has 2 atom stereocenters. The molecule has 0 aromatic carbocycles. The second kappa shape index (κ2) is 5.48. The third kappa shape index (κ3) is 2.53. The molecular formula is C14H20N2O2. The Morgan fingerprint density at radius 3 is 3.00 bits per heavy atom. The number of carbonyl (C=O) groups is 1. The predicted molar refractivity (Wildman–Crippen MR) is 69.4 cm³/mol. The van der Waals surface area contributed by atoms with Crippen molar-refractivity contribution in [3.63, 3.8) is 0 Å². The molecule has 2 unspecified atom stereocenters. The maximum absolute atomic E-state index is 11.3. The number of pyridine rings is 1. The fraction of sp³-hybridized carbons (Fsp3) is 0.571. The fourth-order valence-corrected chi connectivity index (χ4v) is 2.81. The number of carboxylic acids is 1. The molecule has 98 valence electrons. The molecule has 1 saturated heterocycles. The molecule has 1 aliphatic rings. The molecule has 0 radical (unpaired) electrons. The lowest BCUT2D eigenvalue weighted by atomic mass is 9.96. The average Bonchev–Trinajstić information content (AvgIpc) is 2.38. The number of piperidine rings is 1. The molecule has 2 rings (SSSR count). The van der Waals surface area contributed by atoms with E-state index in [-0.39, 0.29) is 12.1 Å². The number of aromatic nitrogens is 1. The van der Waals surface area contributed by atoms with E-state index in [4.69, 9.17) is 0 Å². The van der Waals surface area contributed by atoms with Crippen LogP contribution in [0.2, 0.25) is 0 Å². The molecular weight excluding hydrogens is 228 g/mol. The molecule has 18 heavy (non-hydrogen) atoms. The van der Waals surface area contributed by atoms with Crippen LogP contribution in [0.25, 0.3) is 0 Å². The predicted octanol–water partition coefficient (Wildman–Crippen LogP) is 2.39. The van der Waals surface area contributed by atoms with E-state index in [0.717, 1.165) is 31.4 Å². The van der Waals surface area contributed by atoms with Gasteiger partial charge in [0.15, 0.2) is 0 Å². The van der Waals surface area contributed by atoms with Gasteiger partial charge in [-0.15, -0.1) is 0 Å². The van der Waals surface area contributed by atoms with Crippen LogP contribution in [0, 0.1) is 6.92 Å². The summed E-state index contributed by atoms with van der Waals surface area (Å²) in [4.78, 5) is 17.5. The first kappa shape index (κ1) is 13.0. The van der Waals surface area contributed by atoms with Crippen LogP contribution in [-0.4, -0.2) is 33.5 Å². The molecule has 0 spiro atoms. The van der Waals surface area contributed by atoms with Gasteiger partial charge in [-0.05, 0) is 50.4 Å². The topological polar surface area (TPSA) is 53.4 Å². The Morgan fingerprint density at radius 1 is 1.56 bits per heavy atom. The summed E-state index contributed by atoms with van der Waals surface area (Å²) in [6.07, 6.45) is 6.46. The van der Waals surface area contributed by atoms with E-state index < -0.39 is 5.97 Å². The molecule has 1 N–H and O–H groups in total. The first-order valence-electron chi connectivity index (χ1n) is 6.50. The summed E-state index contributed by atoms with van der Waals surface area (Å²) in [5, 5.41) is 9.32. The Morgan fingerprint density at radius 2 is 2.33 bits per heavy atom. The highest BCUT2D eigenvalue weighted by atomic mass is 16.4. The highest BCUT2D eigenvalue weighted by Crippen LogP contribution is 2.29. The van der Waals surface area contributed by atoms with E-state index in [0.29, 0.717) is 0 Å². The monoisotopic (exact) mass is 248 g/mol.